The van der Waals surface area contributed by atoms with Gasteiger partial charge in [-0.25, -0.2) is 14.5 Å². The highest BCUT2D eigenvalue weighted by molar-refractivity contribution is 6.00. The number of ether oxygens (including phenoxy) is 3. The van der Waals surface area contributed by atoms with Crippen LogP contribution in [0.15, 0.2) is 79.0 Å². The van der Waals surface area contributed by atoms with Gasteiger partial charge in [0.1, 0.15) is 6.61 Å². The lowest BCUT2D eigenvalue weighted by atomic mass is 9.88. The summed E-state index contributed by atoms with van der Waals surface area (Å²) in [6.45, 7) is 0.743. The topological polar surface area (TPSA) is 117 Å². The maximum atomic E-state index is 15.3. The average Bonchev–Trinajstić information content (AvgIpc) is 3.45. The van der Waals surface area contributed by atoms with E-state index >= 15 is 4.39 Å². The van der Waals surface area contributed by atoms with Crippen molar-refractivity contribution in [1.82, 2.24) is 25.4 Å². The molecule has 2 aromatic heterocycles. The van der Waals surface area contributed by atoms with Gasteiger partial charge in [-0.3, -0.25) is 4.79 Å². The number of nitrogens with zero attached hydrogens (tertiary/aromatic N) is 3. The molecule has 14 heteroatoms. The maximum absolute atomic E-state index is 15.3. The minimum atomic E-state index is -4.55. The molecule has 0 spiro atoms. The summed E-state index contributed by atoms with van der Waals surface area (Å²) < 4.78 is 75.7. The second-order valence-electron chi connectivity index (χ2n) is 11.4. The van der Waals surface area contributed by atoms with E-state index in [0.29, 0.717) is 41.7 Å². The summed E-state index contributed by atoms with van der Waals surface area (Å²) in [6, 6.07) is 16.2. The molecule has 1 atom stereocenters. The van der Waals surface area contributed by atoms with Gasteiger partial charge < -0.3 is 24.8 Å². The van der Waals surface area contributed by atoms with E-state index in [1.165, 1.54) is 36.1 Å². The highest BCUT2D eigenvalue weighted by Crippen LogP contribution is 2.40. The number of aromatic nitrogens is 3. The molecule has 0 aliphatic carbocycles. The molecule has 0 radical (unpaired) electrons. The number of alkyl halides is 3. The summed E-state index contributed by atoms with van der Waals surface area (Å²) in [5, 5.41) is 9.22. The molecule has 2 N–H and O–H groups in total. The number of fused-ring (bicyclic) bond motifs is 1. The predicted octanol–water partition coefficient (Wildman–Crippen LogP) is 6.98. The normalized spacial score (nSPS) is 15.5. The van der Waals surface area contributed by atoms with Crippen molar-refractivity contribution < 1.29 is 41.4 Å². The van der Waals surface area contributed by atoms with Crippen LogP contribution in [0, 0.1) is 5.95 Å². The standard InChI is InChI=1S/C36H37F4N5O5/c1-41-30(46)11-5-7-19-50-35(47)42-17-20-48-31-16-14-26(23-43-31)33(28(22-36(38,39)40)24-9-3-2-4-10-24)25-13-15-29-27(21-25)34(37)44-45(29)32-12-6-8-18-49-32/h2-5,9-11,13-16,21,23,32H,6-8,12,17-20,22H2,1H3,(H,41,46)(H,42,47)/b11-5+,33-28-. The van der Waals surface area contributed by atoms with Crippen molar-refractivity contribution >= 4 is 34.0 Å². The molecule has 10 nitrogen and oxygen atoms in total. The first-order valence-electron chi connectivity index (χ1n) is 16.2. The Kier molecular flexibility index (Phi) is 12.2. The van der Waals surface area contributed by atoms with Crippen LogP contribution in [-0.2, 0) is 14.3 Å². The first-order chi connectivity index (χ1) is 24.1. The number of nitrogens with one attached hydrogen (secondary N) is 2. The molecule has 50 heavy (non-hydrogen) atoms. The van der Waals surface area contributed by atoms with Gasteiger partial charge in [0.2, 0.25) is 17.7 Å². The van der Waals surface area contributed by atoms with E-state index in [1.54, 1.807) is 54.6 Å². The van der Waals surface area contributed by atoms with Crippen molar-refractivity contribution in [3.63, 3.8) is 0 Å². The Morgan fingerprint density at radius 2 is 1.84 bits per heavy atom. The van der Waals surface area contributed by atoms with E-state index in [1.807, 2.05) is 0 Å². The van der Waals surface area contributed by atoms with Crippen molar-refractivity contribution in [3.05, 3.63) is 102 Å². The van der Waals surface area contributed by atoms with E-state index in [0.717, 1.165) is 12.8 Å². The van der Waals surface area contributed by atoms with Crippen LogP contribution in [0.5, 0.6) is 5.88 Å². The monoisotopic (exact) mass is 695 g/mol. The number of likely N-dealkylation sites (N-methyl/N-ethyl adjacent to an activating group) is 1. The largest absolute Gasteiger partial charge is 0.476 e. The van der Waals surface area contributed by atoms with E-state index in [4.69, 9.17) is 14.2 Å². The molecule has 264 valence electrons. The summed E-state index contributed by atoms with van der Waals surface area (Å²) in [7, 11) is 1.51. The minimum absolute atomic E-state index is 0.0110. The SMILES string of the molecule is CNC(=O)/C=C/CCOC(=O)NCCOc1ccc(/C(=C(/CC(F)(F)F)c2ccccc2)c2ccc3c(c2)c(F)nn3C2CCCCO2)cn1. The number of amides is 2. The van der Waals surface area contributed by atoms with Crippen molar-refractivity contribution in [2.75, 3.05) is 33.4 Å². The Morgan fingerprint density at radius 3 is 2.54 bits per heavy atom. The third-order valence-corrected chi connectivity index (χ3v) is 7.86. The fourth-order valence-electron chi connectivity index (χ4n) is 5.55. The number of hydrogen-bond donors (Lipinski definition) is 2. The highest BCUT2D eigenvalue weighted by atomic mass is 19.4. The summed E-state index contributed by atoms with van der Waals surface area (Å²) in [6.07, 6.45) is 0.280. The van der Waals surface area contributed by atoms with Crippen molar-refractivity contribution in [3.8, 4) is 5.88 Å². The first-order valence-corrected chi connectivity index (χ1v) is 16.2. The molecule has 3 heterocycles. The van der Waals surface area contributed by atoms with Crippen LogP contribution in [0.1, 0.15) is 55.0 Å². The summed E-state index contributed by atoms with van der Waals surface area (Å²) in [4.78, 5) is 27.4. The van der Waals surface area contributed by atoms with Gasteiger partial charge >= 0.3 is 12.3 Å². The second kappa shape index (κ2) is 16.9. The van der Waals surface area contributed by atoms with Gasteiger partial charge in [-0.05, 0) is 65.8 Å². The number of allylic oxidation sites excluding steroid dienone is 1. The predicted molar refractivity (Wildman–Crippen MR) is 178 cm³/mol. The van der Waals surface area contributed by atoms with Gasteiger partial charge in [0, 0.05) is 37.9 Å². The second-order valence-corrected chi connectivity index (χ2v) is 11.4. The average molecular weight is 696 g/mol. The van der Waals surface area contributed by atoms with Crippen LogP contribution in [0.3, 0.4) is 0 Å². The molecule has 4 aromatic rings. The van der Waals surface area contributed by atoms with Crippen molar-refractivity contribution in [2.45, 2.75) is 44.5 Å². The quantitative estimate of drug-likeness (QED) is 0.0671. The van der Waals surface area contributed by atoms with Gasteiger partial charge in [-0.15, -0.1) is 5.10 Å². The van der Waals surface area contributed by atoms with Gasteiger partial charge in [0.05, 0.1) is 30.5 Å². The van der Waals surface area contributed by atoms with Crippen LogP contribution in [0.2, 0.25) is 0 Å². The number of benzene rings is 2. The van der Waals surface area contributed by atoms with Crippen molar-refractivity contribution in [2.24, 2.45) is 0 Å². The molecule has 2 aromatic carbocycles. The molecule has 1 fully saturated rings. The van der Waals surface area contributed by atoms with E-state index in [2.05, 4.69) is 20.7 Å². The number of rotatable bonds is 13. The van der Waals surface area contributed by atoms with Crippen LogP contribution >= 0.6 is 0 Å². The number of hydrogen-bond acceptors (Lipinski definition) is 7. The summed E-state index contributed by atoms with van der Waals surface area (Å²) in [5.74, 6) is -0.830. The number of carbonyl (C=O) groups excluding carboxylic acids is 2. The minimum Gasteiger partial charge on any atom is -0.476 e. The first kappa shape index (κ1) is 36.1. The van der Waals surface area contributed by atoms with Gasteiger partial charge in [0.15, 0.2) is 6.23 Å². The van der Waals surface area contributed by atoms with Gasteiger partial charge in [-0.2, -0.15) is 17.6 Å². The lowest BCUT2D eigenvalue weighted by Gasteiger charge is -2.23. The molecule has 2 amide bonds. The van der Waals surface area contributed by atoms with E-state index < -0.39 is 30.9 Å². The lowest BCUT2D eigenvalue weighted by molar-refractivity contribution is -0.123. The molecular weight excluding hydrogens is 658 g/mol. The molecule has 1 aliphatic heterocycles. The zero-order chi connectivity index (χ0) is 35.5. The van der Waals surface area contributed by atoms with E-state index in [-0.39, 0.29) is 48.1 Å². The Labute approximate surface area is 286 Å². The smallest absolute Gasteiger partial charge is 0.407 e. The lowest BCUT2D eigenvalue weighted by Crippen LogP contribution is -2.29. The Bertz CT molecular complexity index is 1820. The number of alkyl carbamates (subject to hydrolysis) is 1. The van der Waals surface area contributed by atoms with Crippen LogP contribution in [-0.4, -0.2) is 66.4 Å². The molecule has 1 aliphatic rings. The fraction of sp³-hybridized carbons (Fsp3) is 0.333. The number of halogens is 4. The van der Waals surface area contributed by atoms with Gasteiger partial charge in [0.25, 0.3) is 0 Å². The van der Waals surface area contributed by atoms with Crippen LogP contribution in [0.4, 0.5) is 22.4 Å². The molecule has 1 unspecified atom stereocenters. The zero-order valence-electron chi connectivity index (χ0n) is 27.3. The van der Waals surface area contributed by atoms with Gasteiger partial charge in [-0.1, -0.05) is 42.5 Å². The Balaban J connectivity index is 1.37. The summed E-state index contributed by atoms with van der Waals surface area (Å²) in [5.41, 5.74) is 1.76. The molecule has 0 saturated carbocycles. The maximum Gasteiger partial charge on any atom is 0.407 e. The molecular formula is C36H37F4N5O5. The molecule has 5 rings (SSSR count). The Morgan fingerprint density at radius 1 is 1.04 bits per heavy atom. The Hall–Kier alpha value is -5.24. The third-order valence-electron chi connectivity index (χ3n) is 7.86. The fourth-order valence-corrected chi connectivity index (χ4v) is 5.55. The van der Waals surface area contributed by atoms with Crippen LogP contribution in [0.25, 0.3) is 22.0 Å². The number of pyridine rings is 1. The number of carbonyl (C=O) groups is 2. The molecule has 0 bridgehead atoms. The summed E-state index contributed by atoms with van der Waals surface area (Å²) >= 11 is 0. The zero-order valence-corrected chi connectivity index (χ0v) is 27.3. The highest BCUT2D eigenvalue weighted by Gasteiger charge is 2.32. The third kappa shape index (κ3) is 9.68. The van der Waals surface area contributed by atoms with Crippen LogP contribution < -0.4 is 15.4 Å². The van der Waals surface area contributed by atoms with E-state index in [9.17, 15) is 22.8 Å². The molecule has 1 saturated heterocycles. The van der Waals surface area contributed by atoms with Crippen molar-refractivity contribution in [1.29, 1.82) is 0 Å².